The molecule has 5 nitrogen and oxygen atoms in total. The van der Waals surface area contributed by atoms with E-state index < -0.39 is 17.8 Å². The lowest BCUT2D eigenvalue weighted by Crippen LogP contribution is -2.49. The molecule has 1 aliphatic heterocycles. The average molecular weight is 280 g/mol. The zero-order valence-corrected chi connectivity index (χ0v) is 11.2. The SMILES string of the molecule is CNC(=O)C1CCCCN1c1c(F)cccc1C(=O)O. The van der Waals surface area contributed by atoms with E-state index in [1.165, 1.54) is 25.2 Å². The number of nitrogens with zero attached hydrogens (tertiary/aromatic N) is 1. The Morgan fingerprint density at radius 2 is 2.15 bits per heavy atom. The van der Waals surface area contributed by atoms with Crippen molar-refractivity contribution in [3.8, 4) is 0 Å². The van der Waals surface area contributed by atoms with Crippen molar-refractivity contribution >= 4 is 17.6 Å². The normalized spacial score (nSPS) is 18.7. The summed E-state index contributed by atoms with van der Waals surface area (Å²) in [7, 11) is 1.52. The van der Waals surface area contributed by atoms with Gasteiger partial charge in [0.05, 0.1) is 11.3 Å². The number of carboxylic acid groups (broad SMARTS) is 1. The molecule has 0 saturated carbocycles. The van der Waals surface area contributed by atoms with Crippen molar-refractivity contribution in [3.05, 3.63) is 29.6 Å². The Hall–Kier alpha value is -2.11. The highest BCUT2D eigenvalue weighted by Crippen LogP contribution is 2.30. The first-order valence-corrected chi connectivity index (χ1v) is 6.56. The van der Waals surface area contributed by atoms with Crippen molar-refractivity contribution in [2.24, 2.45) is 0 Å². The van der Waals surface area contributed by atoms with Crippen molar-refractivity contribution < 1.29 is 19.1 Å². The molecule has 1 heterocycles. The molecule has 6 heteroatoms. The van der Waals surface area contributed by atoms with E-state index in [1.807, 2.05) is 0 Å². The summed E-state index contributed by atoms with van der Waals surface area (Å²) in [4.78, 5) is 24.8. The second-order valence-electron chi connectivity index (χ2n) is 4.76. The molecule has 1 aromatic carbocycles. The Bertz CT molecular complexity index is 533. The number of para-hydroxylation sites is 1. The van der Waals surface area contributed by atoms with Crippen molar-refractivity contribution in [1.29, 1.82) is 0 Å². The molecular weight excluding hydrogens is 263 g/mol. The van der Waals surface area contributed by atoms with Gasteiger partial charge in [-0.15, -0.1) is 0 Å². The first-order chi connectivity index (χ1) is 9.56. The fourth-order valence-electron chi connectivity index (χ4n) is 2.62. The summed E-state index contributed by atoms with van der Waals surface area (Å²) in [5.74, 6) is -2.02. The average Bonchev–Trinajstić information content (AvgIpc) is 2.46. The number of carbonyl (C=O) groups is 2. The molecule has 0 spiro atoms. The van der Waals surface area contributed by atoms with Gasteiger partial charge in [-0.05, 0) is 31.4 Å². The first-order valence-electron chi connectivity index (χ1n) is 6.56. The number of carbonyl (C=O) groups excluding carboxylic acids is 1. The molecule has 20 heavy (non-hydrogen) atoms. The standard InChI is InChI=1S/C14H17FN2O3/c1-16-13(18)11-7-2-3-8-17(11)12-9(14(19)20)5-4-6-10(12)15/h4-6,11H,2-3,7-8H2,1H3,(H,16,18)(H,19,20). The quantitative estimate of drug-likeness (QED) is 0.883. The number of hydrogen-bond acceptors (Lipinski definition) is 3. The van der Waals surface area contributed by atoms with E-state index >= 15 is 0 Å². The monoisotopic (exact) mass is 280 g/mol. The van der Waals surface area contributed by atoms with Crippen LogP contribution in [0.2, 0.25) is 0 Å². The van der Waals surface area contributed by atoms with Gasteiger partial charge in [-0.25, -0.2) is 9.18 Å². The van der Waals surface area contributed by atoms with Gasteiger partial charge in [0, 0.05) is 13.6 Å². The fraction of sp³-hybridized carbons (Fsp3) is 0.429. The molecule has 1 saturated heterocycles. The molecule has 1 fully saturated rings. The number of carboxylic acids is 1. The third-order valence-corrected chi connectivity index (χ3v) is 3.56. The molecule has 1 amide bonds. The number of nitrogens with one attached hydrogen (secondary N) is 1. The van der Waals surface area contributed by atoms with E-state index in [9.17, 15) is 19.1 Å². The van der Waals surface area contributed by atoms with Crippen LogP contribution in [0.25, 0.3) is 0 Å². The molecule has 0 radical (unpaired) electrons. The summed E-state index contributed by atoms with van der Waals surface area (Å²) in [6.45, 7) is 0.472. The number of aromatic carboxylic acids is 1. The second kappa shape index (κ2) is 5.90. The Balaban J connectivity index is 2.47. The molecule has 2 N–H and O–H groups in total. The molecule has 1 atom stereocenters. The smallest absolute Gasteiger partial charge is 0.337 e. The van der Waals surface area contributed by atoms with Gasteiger partial charge in [-0.3, -0.25) is 4.79 Å². The number of benzene rings is 1. The van der Waals surface area contributed by atoms with Gasteiger partial charge in [0.15, 0.2) is 0 Å². The van der Waals surface area contributed by atoms with Crippen LogP contribution in [-0.2, 0) is 4.79 Å². The van der Waals surface area contributed by atoms with Gasteiger partial charge in [0.2, 0.25) is 5.91 Å². The van der Waals surface area contributed by atoms with Gasteiger partial charge in [0.1, 0.15) is 11.9 Å². The van der Waals surface area contributed by atoms with Crippen molar-refractivity contribution in [1.82, 2.24) is 5.32 Å². The number of anilines is 1. The van der Waals surface area contributed by atoms with Gasteiger partial charge < -0.3 is 15.3 Å². The van der Waals surface area contributed by atoms with E-state index in [2.05, 4.69) is 5.32 Å². The van der Waals surface area contributed by atoms with E-state index in [-0.39, 0.29) is 17.2 Å². The lowest BCUT2D eigenvalue weighted by Gasteiger charge is -2.37. The third kappa shape index (κ3) is 2.59. The van der Waals surface area contributed by atoms with Gasteiger partial charge in [-0.1, -0.05) is 6.07 Å². The topological polar surface area (TPSA) is 69.6 Å². The summed E-state index contributed by atoms with van der Waals surface area (Å²) >= 11 is 0. The summed E-state index contributed by atoms with van der Waals surface area (Å²) in [5.41, 5.74) is -0.103. The van der Waals surface area contributed by atoms with Crippen LogP contribution >= 0.6 is 0 Å². The van der Waals surface area contributed by atoms with E-state index in [0.717, 1.165) is 12.8 Å². The van der Waals surface area contributed by atoms with Crippen molar-refractivity contribution in [2.75, 3.05) is 18.5 Å². The van der Waals surface area contributed by atoms with E-state index in [0.29, 0.717) is 13.0 Å². The second-order valence-corrected chi connectivity index (χ2v) is 4.76. The van der Waals surface area contributed by atoms with Crippen LogP contribution < -0.4 is 10.2 Å². The van der Waals surface area contributed by atoms with Crippen molar-refractivity contribution in [2.45, 2.75) is 25.3 Å². The van der Waals surface area contributed by atoms with Crippen LogP contribution in [0.1, 0.15) is 29.6 Å². The Kier molecular flexibility index (Phi) is 4.22. The Morgan fingerprint density at radius 3 is 2.80 bits per heavy atom. The lowest BCUT2D eigenvalue weighted by molar-refractivity contribution is -0.122. The van der Waals surface area contributed by atoms with Crippen LogP contribution in [0.4, 0.5) is 10.1 Å². The molecular formula is C14H17FN2O3. The zero-order chi connectivity index (χ0) is 14.7. The highest BCUT2D eigenvalue weighted by molar-refractivity contribution is 5.96. The first kappa shape index (κ1) is 14.3. The Morgan fingerprint density at radius 1 is 1.40 bits per heavy atom. The summed E-state index contributed by atoms with van der Waals surface area (Å²) in [6, 6.07) is 3.41. The minimum absolute atomic E-state index is 0.00769. The predicted octanol–water partition coefficient (Wildman–Crippen LogP) is 1.63. The van der Waals surface area contributed by atoms with Gasteiger partial charge >= 0.3 is 5.97 Å². The Labute approximate surface area is 116 Å². The largest absolute Gasteiger partial charge is 0.478 e. The number of piperidine rings is 1. The number of amides is 1. The number of rotatable bonds is 3. The maximum absolute atomic E-state index is 14.1. The highest BCUT2D eigenvalue weighted by atomic mass is 19.1. The van der Waals surface area contributed by atoms with Gasteiger partial charge in [-0.2, -0.15) is 0 Å². The van der Waals surface area contributed by atoms with Crippen LogP contribution in [0, 0.1) is 5.82 Å². The number of likely N-dealkylation sites (N-methyl/N-ethyl adjacent to an activating group) is 1. The minimum atomic E-state index is -1.19. The lowest BCUT2D eigenvalue weighted by atomic mass is 9.99. The number of halogens is 1. The zero-order valence-electron chi connectivity index (χ0n) is 11.2. The third-order valence-electron chi connectivity index (χ3n) is 3.56. The van der Waals surface area contributed by atoms with Crippen molar-refractivity contribution in [3.63, 3.8) is 0 Å². The summed E-state index contributed by atoms with van der Waals surface area (Å²) in [6.07, 6.45) is 2.26. The van der Waals surface area contributed by atoms with Gasteiger partial charge in [0.25, 0.3) is 0 Å². The van der Waals surface area contributed by atoms with E-state index in [4.69, 9.17) is 0 Å². The van der Waals surface area contributed by atoms with Crippen LogP contribution in [0.15, 0.2) is 18.2 Å². The fourth-order valence-corrected chi connectivity index (χ4v) is 2.62. The molecule has 0 aliphatic carbocycles. The van der Waals surface area contributed by atoms with Crippen LogP contribution in [-0.4, -0.2) is 36.6 Å². The minimum Gasteiger partial charge on any atom is -0.478 e. The predicted molar refractivity (Wildman–Crippen MR) is 72.4 cm³/mol. The molecule has 1 aromatic rings. The highest BCUT2D eigenvalue weighted by Gasteiger charge is 2.32. The molecule has 0 bridgehead atoms. The molecule has 1 aliphatic rings. The van der Waals surface area contributed by atoms with Crippen LogP contribution in [0.3, 0.4) is 0 Å². The van der Waals surface area contributed by atoms with Crippen LogP contribution in [0.5, 0.6) is 0 Å². The maximum Gasteiger partial charge on any atom is 0.337 e. The summed E-state index contributed by atoms with van der Waals surface area (Å²) < 4.78 is 14.1. The maximum atomic E-state index is 14.1. The summed E-state index contributed by atoms with van der Waals surface area (Å²) in [5, 5.41) is 11.8. The molecule has 1 unspecified atom stereocenters. The molecule has 2 rings (SSSR count). The van der Waals surface area contributed by atoms with E-state index in [1.54, 1.807) is 4.90 Å². The molecule has 0 aromatic heterocycles. The number of hydrogen-bond donors (Lipinski definition) is 2. The molecule has 108 valence electrons.